The van der Waals surface area contributed by atoms with Crippen LogP contribution >= 0.6 is 11.3 Å². The largest absolute Gasteiger partial charge is 0.488 e. The number of nitrogens with zero attached hydrogens (tertiary/aromatic N) is 1. The van der Waals surface area contributed by atoms with Crippen molar-refractivity contribution >= 4 is 28.2 Å². The molecule has 0 atom stereocenters. The summed E-state index contributed by atoms with van der Waals surface area (Å²) >= 11 is 1.31. The normalized spacial score (nSPS) is 10.7. The molecule has 0 aliphatic rings. The average molecular weight is 429 g/mol. The van der Waals surface area contributed by atoms with Gasteiger partial charge in [-0.1, -0.05) is 17.3 Å². The zero-order valence-electron chi connectivity index (χ0n) is 17.8. The van der Waals surface area contributed by atoms with E-state index in [9.17, 15) is 9.59 Å². The van der Waals surface area contributed by atoms with E-state index in [0.717, 1.165) is 27.3 Å². The van der Waals surface area contributed by atoms with Gasteiger partial charge in [0.15, 0.2) is 5.69 Å². The molecule has 2 aromatic heterocycles. The van der Waals surface area contributed by atoms with E-state index in [1.54, 1.807) is 6.92 Å². The number of esters is 1. The van der Waals surface area contributed by atoms with Crippen LogP contribution in [0.25, 0.3) is 0 Å². The van der Waals surface area contributed by atoms with Crippen LogP contribution in [0.2, 0.25) is 0 Å². The Morgan fingerprint density at radius 2 is 1.87 bits per heavy atom. The summed E-state index contributed by atoms with van der Waals surface area (Å²) in [6, 6.07) is 5.81. The Hall–Kier alpha value is -3.13. The number of thiophene rings is 1. The highest BCUT2D eigenvalue weighted by Crippen LogP contribution is 2.33. The van der Waals surface area contributed by atoms with Gasteiger partial charge in [0.05, 0.1) is 18.2 Å². The fraction of sp³-hybridized carbons (Fsp3) is 0.318. The fourth-order valence-electron chi connectivity index (χ4n) is 3.00. The third-order valence-corrected chi connectivity index (χ3v) is 6.25. The van der Waals surface area contributed by atoms with Crippen LogP contribution in [0.5, 0.6) is 5.75 Å². The Morgan fingerprint density at radius 3 is 2.57 bits per heavy atom. The third kappa shape index (κ3) is 4.09. The SMILES string of the molecule is COC(=O)c1c(NC(=O)c2noc(C)c2COc2cccc(C)c2C)sc(C)c1C. The number of aryl methyl sites for hydroxylation is 3. The van der Waals surface area contributed by atoms with Crippen molar-refractivity contribution in [1.82, 2.24) is 5.16 Å². The molecule has 0 bridgehead atoms. The molecule has 0 aliphatic carbocycles. The highest BCUT2D eigenvalue weighted by atomic mass is 32.1. The zero-order valence-corrected chi connectivity index (χ0v) is 18.7. The van der Waals surface area contributed by atoms with Crippen LogP contribution in [0.4, 0.5) is 5.00 Å². The van der Waals surface area contributed by atoms with Gasteiger partial charge in [-0.15, -0.1) is 11.3 Å². The Bertz CT molecular complexity index is 1110. The minimum atomic E-state index is -0.498. The van der Waals surface area contributed by atoms with Crippen molar-refractivity contribution in [2.45, 2.75) is 41.2 Å². The molecule has 30 heavy (non-hydrogen) atoms. The lowest BCUT2D eigenvalue weighted by molar-refractivity contribution is 0.0601. The number of benzene rings is 1. The van der Waals surface area contributed by atoms with Crippen molar-refractivity contribution in [3.05, 3.63) is 62.3 Å². The lowest BCUT2D eigenvalue weighted by Crippen LogP contribution is -2.17. The molecule has 7 nitrogen and oxygen atoms in total. The standard InChI is InChI=1S/C22H24N2O5S/c1-11-8-7-9-17(12(11)2)28-10-16-14(4)29-24-19(16)20(25)23-21-18(22(26)27-6)13(3)15(5)30-21/h7-9H,10H2,1-6H3,(H,23,25). The molecule has 0 saturated carbocycles. The van der Waals surface area contributed by atoms with Crippen LogP contribution in [0.3, 0.4) is 0 Å². The lowest BCUT2D eigenvalue weighted by atomic mass is 10.1. The van der Waals surface area contributed by atoms with Gasteiger partial charge in [-0.05, 0) is 57.4 Å². The molecule has 8 heteroatoms. The number of carbonyl (C=O) groups is 2. The summed E-state index contributed by atoms with van der Waals surface area (Å²) in [5.74, 6) is 0.261. The fourth-order valence-corrected chi connectivity index (χ4v) is 4.04. The number of hydrogen-bond acceptors (Lipinski definition) is 7. The number of anilines is 1. The molecular formula is C22H24N2O5S. The van der Waals surface area contributed by atoms with Crippen LogP contribution in [0.1, 0.15) is 53.7 Å². The van der Waals surface area contributed by atoms with Crippen LogP contribution < -0.4 is 10.1 Å². The average Bonchev–Trinajstić information content (AvgIpc) is 3.21. The molecule has 0 fully saturated rings. The van der Waals surface area contributed by atoms with Gasteiger partial charge in [0, 0.05) is 4.88 Å². The van der Waals surface area contributed by atoms with E-state index in [4.69, 9.17) is 14.0 Å². The molecule has 1 aromatic carbocycles. The molecule has 0 unspecified atom stereocenters. The number of rotatable bonds is 6. The van der Waals surface area contributed by atoms with Gasteiger partial charge >= 0.3 is 5.97 Å². The maximum atomic E-state index is 12.9. The molecule has 3 aromatic rings. The van der Waals surface area contributed by atoms with Crippen molar-refractivity contribution < 1.29 is 23.6 Å². The molecule has 3 rings (SSSR count). The van der Waals surface area contributed by atoms with E-state index >= 15 is 0 Å². The first-order chi connectivity index (χ1) is 14.2. The Kier molecular flexibility index (Phi) is 6.26. The van der Waals surface area contributed by atoms with Gasteiger partial charge in [-0.2, -0.15) is 0 Å². The van der Waals surface area contributed by atoms with Gasteiger partial charge < -0.3 is 19.3 Å². The maximum Gasteiger partial charge on any atom is 0.341 e. The number of amides is 1. The molecular weight excluding hydrogens is 404 g/mol. The molecule has 0 spiro atoms. The van der Waals surface area contributed by atoms with Gasteiger partial charge in [0.25, 0.3) is 5.91 Å². The van der Waals surface area contributed by atoms with Crippen molar-refractivity contribution in [3.63, 3.8) is 0 Å². The number of ether oxygens (including phenoxy) is 2. The van der Waals surface area contributed by atoms with E-state index in [2.05, 4.69) is 10.5 Å². The maximum absolute atomic E-state index is 12.9. The minimum absolute atomic E-state index is 0.123. The van der Waals surface area contributed by atoms with Crippen molar-refractivity contribution in [3.8, 4) is 5.75 Å². The lowest BCUT2D eigenvalue weighted by Gasteiger charge is -2.11. The van der Waals surface area contributed by atoms with Crippen molar-refractivity contribution in [2.24, 2.45) is 0 Å². The quantitative estimate of drug-likeness (QED) is 0.562. The van der Waals surface area contributed by atoms with Gasteiger partial charge in [0.2, 0.25) is 0 Å². The van der Waals surface area contributed by atoms with E-state index < -0.39 is 11.9 Å². The summed E-state index contributed by atoms with van der Waals surface area (Å²) in [5.41, 5.74) is 3.95. The highest BCUT2D eigenvalue weighted by Gasteiger charge is 2.25. The Morgan fingerprint density at radius 1 is 1.13 bits per heavy atom. The van der Waals surface area contributed by atoms with Crippen LogP contribution in [0.15, 0.2) is 22.7 Å². The van der Waals surface area contributed by atoms with Crippen molar-refractivity contribution in [1.29, 1.82) is 0 Å². The molecule has 0 radical (unpaired) electrons. The van der Waals surface area contributed by atoms with Crippen LogP contribution in [0, 0.1) is 34.6 Å². The number of hydrogen-bond donors (Lipinski definition) is 1. The predicted octanol–water partition coefficient (Wildman–Crippen LogP) is 4.90. The number of nitrogens with one attached hydrogen (secondary N) is 1. The first-order valence-electron chi connectivity index (χ1n) is 9.38. The monoisotopic (exact) mass is 428 g/mol. The van der Waals surface area contributed by atoms with Gasteiger partial charge in [-0.3, -0.25) is 4.79 Å². The topological polar surface area (TPSA) is 90.7 Å². The number of carbonyl (C=O) groups excluding carboxylic acids is 2. The minimum Gasteiger partial charge on any atom is -0.488 e. The summed E-state index contributed by atoms with van der Waals surface area (Å²) in [5, 5.41) is 7.11. The van der Waals surface area contributed by atoms with E-state index in [0.29, 0.717) is 21.9 Å². The summed E-state index contributed by atoms with van der Waals surface area (Å²) in [6.45, 7) is 9.55. The van der Waals surface area contributed by atoms with Crippen molar-refractivity contribution in [2.75, 3.05) is 12.4 Å². The zero-order chi connectivity index (χ0) is 22.0. The summed E-state index contributed by atoms with van der Waals surface area (Å²) < 4.78 is 16.0. The van der Waals surface area contributed by atoms with E-state index in [1.165, 1.54) is 18.4 Å². The Labute approximate surface area is 179 Å². The van der Waals surface area contributed by atoms with E-state index in [-0.39, 0.29) is 12.3 Å². The second kappa shape index (κ2) is 8.71. The third-order valence-electron chi connectivity index (χ3n) is 5.13. The Balaban J connectivity index is 1.84. The smallest absolute Gasteiger partial charge is 0.341 e. The predicted molar refractivity (Wildman–Crippen MR) is 115 cm³/mol. The second-order valence-corrected chi connectivity index (χ2v) is 8.21. The summed E-state index contributed by atoms with van der Waals surface area (Å²) in [6.07, 6.45) is 0. The second-order valence-electron chi connectivity index (χ2n) is 6.99. The molecule has 0 saturated heterocycles. The highest BCUT2D eigenvalue weighted by molar-refractivity contribution is 7.16. The molecule has 1 amide bonds. The van der Waals surface area contributed by atoms with Crippen LogP contribution in [-0.2, 0) is 11.3 Å². The summed E-state index contributed by atoms with van der Waals surface area (Å²) in [4.78, 5) is 26.0. The number of aromatic nitrogens is 1. The van der Waals surface area contributed by atoms with Crippen LogP contribution in [-0.4, -0.2) is 24.1 Å². The van der Waals surface area contributed by atoms with Gasteiger partial charge in [0.1, 0.15) is 23.1 Å². The molecule has 2 heterocycles. The number of methoxy groups -OCH3 is 1. The van der Waals surface area contributed by atoms with E-state index in [1.807, 2.05) is 45.9 Å². The first kappa shape index (κ1) is 21.6. The molecule has 158 valence electrons. The van der Waals surface area contributed by atoms with Gasteiger partial charge in [-0.25, -0.2) is 4.79 Å². The molecule has 0 aliphatic heterocycles. The first-order valence-corrected chi connectivity index (χ1v) is 10.2. The molecule has 1 N–H and O–H groups in total. The summed E-state index contributed by atoms with van der Waals surface area (Å²) in [7, 11) is 1.31.